The van der Waals surface area contributed by atoms with Crippen LogP contribution in [0.2, 0.25) is 0 Å². The second kappa shape index (κ2) is 15.8. The second-order valence-corrected chi connectivity index (χ2v) is 12.9. The maximum Gasteiger partial charge on any atom is 0.255 e. The third-order valence-electron chi connectivity index (χ3n) is 8.52. The molecular weight excluding hydrogens is 631 g/mol. The van der Waals surface area contributed by atoms with E-state index in [1.54, 1.807) is 48.2 Å². The van der Waals surface area contributed by atoms with Gasteiger partial charge in [-0.3, -0.25) is 19.2 Å². The SMILES string of the molecule is Cc1ccc(Oc2cc(F)ccc2OC[C@@H](C)NC(=O)[C@@H]2CC(=O)N[C@H](C(C)C)C(=O)N3CCC[C@H]3COc3ccccc3C(=O)N2)cc1. The lowest BCUT2D eigenvalue weighted by molar-refractivity contribution is -0.139. The molecule has 2 aliphatic heterocycles. The molecule has 11 nitrogen and oxygen atoms in total. The largest absolute Gasteiger partial charge is 0.491 e. The second-order valence-electron chi connectivity index (χ2n) is 12.9. The number of hydrogen-bond donors (Lipinski definition) is 3. The number of amides is 4. The Hall–Kier alpha value is -5.13. The van der Waals surface area contributed by atoms with Crippen molar-refractivity contribution in [1.82, 2.24) is 20.9 Å². The fourth-order valence-corrected chi connectivity index (χ4v) is 5.83. The number of carbonyl (C=O) groups excluding carboxylic acids is 4. The molecule has 0 aromatic heterocycles. The third kappa shape index (κ3) is 9.07. The molecular formula is C37H43FN4O7. The van der Waals surface area contributed by atoms with Crippen molar-refractivity contribution in [1.29, 1.82) is 0 Å². The Kier molecular flexibility index (Phi) is 11.4. The average molecular weight is 675 g/mol. The van der Waals surface area contributed by atoms with Gasteiger partial charge in [-0.2, -0.15) is 0 Å². The molecule has 49 heavy (non-hydrogen) atoms. The number of carbonyl (C=O) groups is 4. The van der Waals surface area contributed by atoms with Gasteiger partial charge in [-0.25, -0.2) is 4.39 Å². The van der Waals surface area contributed by atoms with Gasteiger partial charge in [0.05, 0.1) is 24.1 Å². The van der Waals surface area contributed by atoms with E-state index in [9.17, 15) is 23.6 Å². The van der Waals surface area contributed by atoms with Crippen LogP contribution in [0.4, 0.5) is 4.39 Å². The van der Waals surface area contributed by atoms with Gasteiger partial charge in [0.2, 0.25) is 17.7 Å². The van der Waals surface area contributed by atoms with E-state index in [1.807, 2.05) is 32.9 Å². The average Bonchev–Trinajstić information content (AvgIpc) is 3.54. The number of nitrogens with one attached hydrogen (secondary N) is 3. The van der Waals surface area contributed by atoms with Crippen LogP contribution in [0.1, 0.15) is 56.0 Å². The van der Waals surface area contributed by atoms with E-state index in [4.69, 9.17) is 14.2 Å². The zero-order chi connectivity index (χ0) is 35.1. The van der Waals surface area contributed by atoms with Crippen LogP contribution in [0.25, 0.3) is 0 Å². The van der Waals surface area contributed by atoms with E-state index in [0.29, 0.717) is 18.0 Å². The number of halogens is 1. The normalized spacial score (nSPS) is 20.6. The molecule has 0 saturated carbocycles. The topological polar surface area (TPSA) is 135 Å². The van der Waals surface area contributed by atoms with E-state index >= 15 is 0 Å². The molecule has 5 rings (SSSR count). The number of aryl methyl sites for hydroxylation is 1. The highest BCUT2D eigenvalue weighted by atomic mass is 19.1. The first kappa shape index (κ1) is 35.2. The standard InChI is InChI=1S/C37H43FN4O7/c1-22(2)34-37(46)42-17-7-8-26(42)21-48-30-10-6-5-9-28(30)35(44)40-29(19-33(43)41-34)36(45)39-24(4)20-47-31-16-13-25(38)18-32(31)49-27-14-11-23(3)12-15-27/h5-6,9-16,18,22,24,26,29,34H,7-8,17,19-21H2,1-4H3,(H,39,45)(H,40,44)(H,41,43)/t24-,26+,29+,34-/m1/s1. The zero-order valence-corrected chi connectivity index (χ0v) is 28.2. The van der Waals surface area contributed by atoms with Gasteiger partial charge >= 0.3 is 0 Å². The fourth-order valence-electron chi connectivity index (χ4n) is 5.83. The number of fused-ring (bicyclic) bond motifs is 2. The lowest BCUT2D eigenvalue weighted by Gasteiger charge is -2.32. The molecule has 3 N–H and O–H groups in total. The molecule has 2 aliphatic rings. The van der Waals surface area contributed by atoms with Crippen molar-refractivity contribution in [3.63, 3.8) is 0 Å². The van der Waals surface area contributed by atoms with Gasteiger partial charge < -0.3 is 35.1 Å². The van der Waals surface area contributed by atoms with Crippen molar-refractivity contribution < 1.29 is 37.8 Å². The Morgan fingerprint density at radius 2 is 1.78 bits per heavy atom. The maximum absolute atomic E-state index is 14.1. The molecule has 0 radical (unpaired) electrons. The van der Waals surface area contributed by atoms with E-state index in [2.05, 4.69) is 16.0 Å². The molecule has 4 atom stereocenters. The summed E-state index contributed by atoms with van der Waals surface area (Å²) in [7, 11) is 0. The summed E-state index contributed by atoms with van der Waals surface area (Å²) in [6.45, 7) is 8.00. The van der Waals surface area contributed by atoms with E-state index in [1.165, 1.54) is 18.2 Å². The van der Waals surface area contributed by atoms with Crippen LogP contribution in [0, 0.1) is 18.7 Å². The first-order chi connectivity index (χ1) is 23.5. The first-order valence-electron chi connectivity index (χ1n) is 16.6. The van der Waals surface area contributed by atoms with Crippen LogP contribution < -0.4 is 30.2 Å². The van der Waals surface area contributed by atoms with Gasteiger partial charge in [0.15, 0.2) is 11.5 Å². The molecule has 3 aromatic carbocycles. The number of hydrogen-bond acceptors (Lipinski definition) is 7. The summed E-state index contributed by atoms with van der Waals surface area (Å²) in [6, 6.07) is 14.9. The molecule has 1 fully saturated rings. The number of nitrogens with zero attached hydrogens (tertiary/aromatic N) is 1. The van der Waals surface area contributed by atoms with Crippen molar-refractivity contribution >= 4 is 23.6 Å². The Balaban J connectivity index is 1.31. The molecule has 0 aliphatic carbocycles. The predicted molar refractivity (Wildman–Crippen MR) is 180 cm³/mol. The van der Waals surface area contributed by atoms with Crippen LogP contribution in [0.3, 0.4) is 0 Å². The molecule has 260 valence electrons. The highest BCUT2D eigenvalue weighted by Crippen LogP contribution is 2.32. The van der Waals surface area contributed by atoms with Crippen molar-refractivity contribution in [2.75, 3.05) is 19.8 Å². The molecule has 12 heteroatoms. The lowest BCUT2D eigenvalue weighted by atomic mass is 10.0. The first-order valence-corrected chi connectivity index (χ1v) is 16.6. The van der Waals surface area contributed by atoms with Crippen LogP contribution in [-0.2, 0) is 14.4 Å². The van der Waals surface area contributed by atoms with E-state index < -0.39 is 48.1 Å². The number of para-hydroxylation sites is 1. The highest BCUT2D eigenvalue weighted by Gasteiger charge is 2.37. The molecule has 2 heterocycles. The Morgan fingerprint density at radius 3 is 2.53 bits per heavy atom. The molecule has 0 unspecified atom stereocenters. The summed E-state index contributed by atoms with van der Waals surface area (Å²) in [6.07, 6.45) is 1.12. The van der Waals surface area contributed by atoms with Gasteiger partial charge in [0.25, 0.3) is 5.91 Å². The van der Waals surface area contributed by atoms with Crippen molar-refractivity contribution in [2.24, 2.45) is 5.92 Å². The zero-order valence-electron chi connectivity index (χ0n) is 28.2. The van der Waals surface area contributed by atoms with Crippen LogP contribution >= 0.6 is 0 Å². The Bertz CT molecular complexity index is 1660. The lowest BCUT2D eigenvalue weighted by Crippen LogP contribution is -2.56. The number of ether oxygens (including phenoxy) is 3. The molecule has 3 aromatic rings. The monoisotopic (exact) mass is 674 g/mol. The van der Waals surface area contributed by atoms with Gasteiger partial charge in [0, 0.05) is 12.6 Å². The Labute approximate surface area is 285 Å². The molecule has 1 saturated heterocycles. The van der Waals surface area contributed by atoms with Gasteiger partial charge in [-0.1, -0.05) is 43.7 Å². The highest BCUT2D eigenvalue weighted by molar-refractivity contribution is 6.01. The molecule has 4 amide bonds. The van der Waals surface area contributed by atoms with Gasteiger partial charge in [-0.05, 0) is 69.0 Å². The summed E-state index contributed by atoms with van der Waals surface area (Å²) in [5, 5.41) is 8.31. The summed E-state index contributed by atoms with van der Waals surface area (Å²) in [5.74, 6) is -1.49. The van der Waals surface area contributed by atoms with E-state index in [0.717, 1.165) is 18.4 Å². The van der Waals surface area contributed by atoms with Crippen LogP contribution in [0.15, 0.2) is 66.7 Å². The molecule has 0 bridgehead atoms. The van der Waals surface area contributed by atoms with Gasteiger partial charge in [-0.15, -0.1) is 0 Å². The maximum atomic E-state index is 14.1. The summed E-state index contributed by atoms with van der Waals surface area (Å²) < 4.78 is 32.0. The summed E-state index contributed by atoms with van der Waals surface area (Å²) in [5.41, 5.74) is 1.24. The smallest absolute Gasteiger partial charge is 0.255 e. The predicted octanol–water partition coefficient (Wildman–Crippen LogP) is 4.52. The fraction of sp³-hybridized carbons (Fsp3) is 0.405. The number of benzene rings is 3. The minimum absolute atomic E-state index is 0.0356. The number of rotatable bonds is 8. The quantitative estimate of drug-likeness (QED) is 0.320. The summed E-state index contributed by atoms with van der Waals surface area (Å²) >= 11 is 0. The van der Waals surface area contributed by atoms with Crippen molar-refractivity contribution in [2.45, 2.75) is 71.1 Å². The molecule has 0 spiro atoms. The third-order valence-corrected chi connectivity index (χ3v) is 8.52. The van der Waals surface area contributed by atoms with Gasteiger partial charge in [0.1, 0.15) is 42.6 Å². The van der Waals surface area contributed by atoms with Crippen molar-refractivity contribution in [3.05, 3.63) is 83.7 Å². The minimum Gasteiger partial charge on any atom is -0.491 e. The summed E-state index contributed by atoms with van der Waals surface area (Å²) in [4.78, 5) is 56.0. The minimum atomic E-state index is -1.29. The Morgan fingerprint density at radius 1 is 1.02 bits per heavy atom. The van der Waals surface area contributed by atoms with Crippen LogP contribution in [0.5, 0.6) is 23.0 Å². The van der Waals surface area contributed by atoms with Crippen molar-refractivity contribution in [3.8, 4) is 23.0 Å². The van der Waals surface area contributed by atoms with Crippen LogP contribution in [-0.4, -0.2) is 72.5 Å². The van der Waals surface area contributed by atoms with E-state index in [-0.39, 0.29) is 48.1 Å².